The first-order valence-corrected chi connectivity index (χ1v) is 5.63. The maximum atomic E-state index is 5.99. The van der Waals surface area contributed by atoms with E-state index in [0.717, 1.165) is 26.1 Å². The second kappa shape index (κ2) is 3.99. The van der Waals surface area contributed by atoms with Crippen molar-refractivity contribution in [1.29, 1.82) is 0 Å². The summed E-state index contributed by atoms with van der Waals surface area (Å²) in [6, 6.07) is 4.34. The molecule has 0 aromatic carbocycles. The van der Waals surface area contributed by atoms with Crippen molar-refractivity contribution in [1.82, 2.24) is 4.57 Å². The zero-order valence-corrected chi connectivity index (χ0v) is 9.62. The van der Waals surface area contributed by atoms with Crippen molar-refractivity contribution in [3.8, 4) is 0 Å². The third-order valence-electron chi connectivity index (χ3n) is 3.55. The van der Waals surface area contributed by atoms with Gasteiger partial charge in [-0.2, -0.15) is 0 Å². The molecule has 2 heterocycles. The standard InChI is InChI=1S/C12H20N2O/c1-10-3-4-11(2)14(10)12(9-13)5-7-15-8-6-12/h3-4H,5-9,13H2,1-2H3. The van der Waals surface area contributed by atoms with E-state index in [9.17, 15) is 0 Å². The van der Waals surface area contributed by atoms with Crippen LogP contribution in [-0.4, -0.2) is 24.3 Å². The van der Waals surface area contributed by atoms with E-state index in [1.165, 1.54) is 11.4 Å². The lowest BCUT2D eigenvalue weighted by Gasteiger charge is -2.40. The Morgan fingerprint density at radius 1 is 1.27 bits per heavy atom. The van der Waals surface area contributed by atoms with Crippen LogP contribution in [-0.2, 0) is 10.3 Å². The maximum Gasteiger partial charge on any atom is 0.0610 e. The van der Waals surface area contributed by atoms with Crippen molar-refractivity contribution in [3.05, 3.63) is 23.5 Å². The molecule has 15 heavy (non-hydrogen) atoms. The minimum atomic E-state index is 0.0932. The van der Waals surface area contributed by atoms with Crippen LogP contribution in [0.5, 0.6) is 0 Å². The molecule has 1 aromatic heterocycles. The molecule has 3 heteroatoms. The van der Waals surface area contributed by atoms with Gasteiger partial charge in [0, 0.05) is 31.1 Å². The van der Waals surface area contributed by atoms with Crippen molar-refractivity contribution in [2.75, 3.05) is 19.8 Å². The van der Waals surface area contributed by atoms with E-state index in [0.29, 0.717) is 6.54 Å². The van der Waals surface area contributed by atoms with Crippen molar-refractivity contribution >= 4 is 0 Å². The second-order valence-electron chi connectivity index (χ2n) is 4.49. The van der Waals surface area contributed by atoms with Crippen LogP contribution in [0.25, 0.3) is 0 Å². The lowest BCUT2D eigenvalue weighted by molar-refractivity contribution is 0.0234. The molecular formula is C12H20N2O. The lowest BCUT2D eigenvalue weighted by atomic mass is 9.89. The van der Waals surface area contributed by atoms with E-state index < -0.39 is 0 Å². The summed E-state index contributed by atoms with van der Waals surface area (Å²) in [5.74, 6) is 0. The van der Waals surface area contributed by atoms with Gasteiger partial charge in [0.1, 0.15) is 0 Å². The highest BCUT2D eigenvalue weighted by Crippen LogP contribution is 2.31. The Kier molecular flexibility index (Phi) is 2.85. The molecule has 0 aliphatic carbocycles. The largest absolute Gasteiger partial charge is 0.381 e. The van der Waals surface area contributed by atoms with Crippen molar-refractivity contribution in [2.45, 2.75) is 32.2 Å². The van der Waals surface area contributed by atoms with Crippen molar-refractivity contribution in [3.63, 3.8) is 0 Å². The minimum absolute atomic E-state index is 0.0932. The van der Waals surface area contributed by atoms with E-state index in [4.69, 9.17) is 10.5 Å². The number of ether oxygens (including phenoxy) is 1. The van der Waals surface area contributed by atoms with E-state index >= 15 is 0 Å². The van der Waals surface area contributed by atoms with E-state index in [1.54, 1.807) is 0 Å². The molecule has 3 nitrogen and oxygen atoms in total. The number of hydrogen-bond donors (Lipinski definition) is 1. The normalized spacial score (nSPS) is 20.5. The predicted octanol–water partition coefficient (Wildman–Crippen LogP) is 1.57. The van der Waals surface area contributed by atoms with Gasteiger partial charge in [0.2, 0.25) is 0 Å². The maximum absolute atomic E-state index is 5.99. The number of nitrogens with two attached hydrogens (primary N) is 1. The highest BCUT2D eigenvalue weighted by molar-refractivity contribution is 5.18. The molecule has 0 bridgehead atoms. The summed E-state index contributed by atoms with van der Waals surface area (Å²) in [6.07, 6.45) is 2.06. The average molecular weight is 208 g/mol. The molecule has 1 aliphatic heterocycles. The average Bonchev–Trinajstić information content (AvgIpc) is 2.60. The van der Waals surface area contributed by atoms with E-state index in [2.05, 4.69) is 30.5 Å². The van der Waals surface area contributed by atoms with Crippen molar-refractivity contribution < 1.29 is 4.74 Å². The molecule has 0 saturated carbocycles. The van der Waals surface area contributed by atoms with Gasteiger partial charge in [-0.3, -0.25) is 0 Å². The Hall–Kier alpha value is -0.800. The van der Waals surface area contributed by atoms with Crippen LogP contribution < -0.4 is 5.73 Å². The van der Waals surface area contributed by atoms with Gasteiger partial charge in [-0.1, -0.05) is 0 Å². The van der Waals surface area contributed by atoms with Crippen LogP contribution in [0.3, 0.4) is 0 Å². The first-order valence-electron chi connectivity index (χ1n) is 5.63. The topological polar surface area (TPSA) is 40.2 Å². The lowest BCUT2D eigenvalue weighted by Crippen LogP contribution is -2.46. The zero-order chi connectivity index (χ0) is 10.9. The Labute approximate surface area is 91.2 Å². The highest BCUT2D eigenvalue weighted by Gasteiger charge is 2.34. The smallest absolute Gasteiger partial charge is 0.0610 e. The molecule has 0 unspecified atom stereocenters. The fraction of sp³-hybridized carbons (Fsp3) is 0.667. The molecule has 1 saturated heterocycles. The number of aromatic nitrogens is 1. The predicted molar refractivity (Wildman–Crippen MR) is 61.0 cm³/mol. The molecule has 1 aromatic rings. The molecule has 2 N–H and O–H groups in total. The molecule has 1 aliphatic rings. The van der Waals surface area contributed by atoms with Crippen molar-refractivity contribution in [2.24, 2.45) is 5.73 Å². The fourth-order valence-electron chi connectivity index (χ4n) is 2.69. The molecule has 1 fully saturated rings. The Balaban J connectivity index is 2.40. The Morgan fingerprint density at radius 3 is 2.27 bits per heavy atom. The first kappa shape index (κ1) is 10.7. The van der Waals surface area contributed by atoms with Crippen LogP contribution in [0.4, 0.5) is 0 Å². The molecule has 0 atom stereocenters. The molecule has 0 radical (unpaired) electrons. The molecule has 0 amide bonds. The number of nitrogens with zero attached hydrogens (tertiary/aromatic N) is 1. The first-order chi connectivity index (χ1) is 7.19. The van der Waals surface area contributed by atoms with Gasteiger partial charge in [-0.25, -0.2) is 0 Å². The van der Waals surface area contributed by atoms with E-state index in [1.807, 2.05) is 0 Å². The van der Waals surface area contributed by atoms with Crippen LogP contribution in [0, 0.1) is 13.8 Å². The molecule has 84 valence electrons. The number of aryl methyl sites for hydroxylation is 2. The van der Waals surface area contributed by atoms with Gasteiger partial charge in [0.15, 0.2) is 0 Å². The molecule has 0 spiro atoms. The molecular weight excluding hydrogens is 188 g/mol. The summed E-state index contributed by atoms with van der Waals surface area (Å²) >= 11 is 0. The van der Waals surface area contributed by atoms with Gasteiger partial charge in [0.25, 0.3) is 0 Å². The summed E-state index contributed by atoms with van der Waals surface area (Å²) < 4.78 is 7.83. The van der Waals surface area contributed by atoms with Crippen LogP contribution in [0.15, 0.2) is 12.1 Å². The third-order valence-corrected chi connectivity index (χ3v) is 3.55. The van der Waals surface area contributed by atoms with Crippen LogP contribution in [0.2, 0.25) is 0 Å². The fourth-order valence-corrected chi connectivity index (χ4v) is 2.69. The monoisotopic (exact) mass is 208 g/mol. The summed E-state index contributed by atoms with van der Waals surface area (Å²) in [4.78, 5) is 0. The third kappa shape index (κ3) is 1.70. The van der Waals surface area contributed by atoms with Crippen LogP contribution >= 0.6 is 0 Å². The number of hydrogen-bond acceptors (Lipinski definition) is 2. The second-order valence-corrected chi connectivity index (χ2v) is 4.49. The zero-order valence-electron chi connectivity index (χ0n) is 9.62. The Morgan fingerprint density at radius 2 is 1.80 bits per heavy atom. The highest BCUT2D eigenvalue weighted by atomic mass is 16.5. The quantitative estimate of drug-likeness (QED) is 0.801. The SMILES string of the molecule is Cc1ccc(C)n1C1(CN)CCOCC1. The van der Waals surface area contributed by atoms with Crippen LogP contribution in [0.1, 0.15) is 24.2 Å². The summed E-state index contributed by atoms with van der Waals surface area (Å²) in [5, 5.41) is 0. The van der Waals surface area contributed by atoms with Gasteiger partial charge in [-0.05, 0) is 38.8 Å². The molecule has 2 rings (SSSR count). The number of rotatable bonds is 2. The van der Waals surface area contributed by atoms with Gasteiger partial charge in [-0.15, -0.1) is 0 Å². The Bertz CT molecular complexity index is 318. The van der Waals surface area contributed by atoms with E-state index in [-0.39, 0.29) is 5.54 Å². The summed E-state index contributed by atoms with van der Waals surface area (Å²) in [7, 11) is 0. The van der Waals surface area contributed by atoms with Gasteiger partial charge < -0.3 is 15.0 Å². The van der Waals surface area contributed by atoms with Gasteiger partial charge in [0.05, 0.1) is 5.54 Å². The summed E-state index contributed by atoms with van der Waals surface area (Å²) in [5.41, 5.74) is 8.69. The van der Waals surface area contributed by atoms with Gasteiger partial charge >= 0.3 is 0 Å². The minimum Gasteiger partial charge on any atom is -0.381 e. The summed E-state index contributed by atoms with van der Waals surface area (Å²) in [6.45, 7) is 6.66.